The van der Waals surface area contributed by atoms with Crippen molar-refractivity contribution in [2.24, 2.45) is 0 Å². The molecule has 0 fully saturated rings. The molecule has 0 amide bonds. The number of rotatable bonds is 4. The first kappa shape index (κ1) is 8.22. The fourth-order valence-electron chi connectivity index (χ4n) is 0.227. The molecule has 0 spiro atoms. The van der Waals surface area contributed by atoms with E-state index < -0.39 is 0 Å². The van der Waals surface area contributed by atoms with E-state index in [1.807, 2.05) is 0 Å². The molecule has 0 aromatic heterocycles. The molecule has 0 aromatic rings. The average Bonchev–Trinajstić information content (AvgIpc) is 1.81. The first-order valence-electron chi connectivity index (χ1n) is 2.19. The van der Waals surface area contributed by atoms with E-state index in [1.165, 1.54) is 10.8 Å². The van der Waals surface area contributed by atoms with Crippen LogP contribution in [0.5, 0.6) is 0 Å². The Balaban J connectivity index is 2.65. The van der Waals surface area contributed by atoms with E-state index in [2.05, 4.69) is 17.6 Å². The first-order valence-corrected chi connectivity index (χ1v) is 4.23. The van der Waals surface area contributed by atoms with Crippen molar-refractivity contribution in [1.29, 1.82) is 0 Å². The second-order valence-corrected chi connectivity index (χ2v) is 2.53. The fraction of sp³-hybridized carbons (Fsp3) is 0.600. The van der Waals surface area contributed by atoms with Crippen LogP contribution >= 0.6 is 22.5 Å². The zero-order chi connectivity index (χ0) is 6.24. The Hall–Kier alpha value is 0.220. The molecule has 0 saturated heterocycles. The van der Waals surface area contributed by atoms with Gasteiger partial charge in [-0.25, -0.2) is 0 Å². The Morgan fingerprint density at radius 3 is 3.00 bits per heavy atom. The summed E-state index contributed by atoms with van der Waals surface area (Å²) in [5.74, 6) is 3.26. The van der Waals surface area contributed by atoms with Crippen molar-refractivity contribution < 1.29 is 4.74 Å². The van der Waals surface area contributed by atoms with Crippen LogP contribution in [0.2, 0.25) is 0 Å². The minimum absolute atomic E-state index is 0.411. The number of hydrogen-bond acceptors (Lipinski definition) is 3. The maximum atomic E-state index is 4.92. The quantitative estimate of drug-likeness (QED) is 0.278. The molecule has 8 heavy (non-hydrogen) atoms. The van der Waals surface area contributed by atoms with Crippen molar-refractivity contribution >= 4 is 22.5 Å². The van der Waals surface area contributed by atoms with Gasteiger partial charge in [0.05, 0.1) is 6.61 Å². The zero-order valence-electron chi connectivity index (χ0n) is 4.46. The van der Waals surface area contributed by atoms with Crippen molar-refractivity contribution in [1.82, 2.24) is 0 Å². The molecule has 0 rings (SSSR count). The lowest BCUT2D eigenvalue weighted by atomic mass is 10.7. The lowest BCUT2D eigenvalue weighted by molar-refractivity contribution is 0.185. The standard InChI is InChI=1S/C5H8OS2/c1-2-3-6-4-5-8-7/h1,7H,3-5H2. The molecule has 0 radical (unpaired) electrons. The van der Waals surface area contributed by atoms with Crippen LogP contribution < -0.4 is 0 Å². The van der Waals surface area contributed by atoms with Gasteiger partial charge in [0.2, 0.25) is 0 Å². The molecule has 3 heteroatoms. The van der Waals surface area contributed by atoms with E-state index in [9.17, 15) is 0 Å². The summed E-state index contributed by atoms with van der Waals surface area (Å²) >= 11 is 3.91. The summed E-state index contributed by atoms with van der Waals surface area (Å²) in [6.45, 7) is 1.10. The van der Waals surface area contributed by atoms with Gasteiger partial charge in [-0.15, -0.1) is 18.1 Å². The lowest BCUT2D eigenvalue weighted by Crippen LogP contribution is -1.95. The minimum atomic E-state index is 0.411. The van der Waals surface area contributed by atoms with Gasteiger partial charge < -0.3 is 4.74 Å². The van der Waals surface area contributed by atoms with E-state index >= 15 is 0 Å². The summed E-state index contributed by atoms with van der Waals surface area (Å²) in [6.07, 6.45) is 4.91. The SMILES string of the molecule is C#CCOCCSS. The fourth-order valence-corrected chi connectivity index (χ4v) is 0.643. The highest BCUT2D eigenvalue weighted by Gasteiger charge is 1.81. The van der Waals surface area contributed by atoms with Gasteiger partial charge in [-0.1, -0.05) is 16.7 Å². The molecule has 0 bridgehead atoms. The average molecular weight is 148 g/mol. The van der Waals surface area contributed by atoms with Gasteiger partial charge in [0, 0.05) is 5.75 Å². The number of terminal acetylenes is 1. The number of thiol groups is 1. The van der Waals surface area contributed by atoms with Crippen LogP contribution in [0.4, 0.5) is 0 Å². The van der Waals surface area contributed by atoms with Gasteiger partial charge >= 0.3 is 0 Å². The summed E-state index contributed by atoms with van der Waals surface area (Å²) < 4.78 is 4.92. The van der Waals surface area contributed by atoms with Gasteiger partial charge in [0.15, 0.2) is 0 Å². The lowest BCUT2D eigenvalue weighted by Gasteiger charge is -1.93. The Morgan fingerprint density at radius 1 is 1.75 bits per heavy atom. The summed E-state index contributed by atoms with van der Waals surface area (Å²) in [6, 6.07) is 0. The third-order valence-corrected chi connectivity index (χ3v) is 1.40. The zero-order valence-corrected chi connectivity index (χ0v) is 6.17. The molecule has 0 unspecified atom stereocenters. The van der Waals surface area contributed by atoms with Crippen LogP contribution in [0.15, 0.2) is 0 Å². The highest BCUT2D eigenvalue weighted by molar-refractivity contribution is 8.68. The Kier molecular flexibility index (Phi) is 7.42. The third-order valence-electron chi connectivity index (χ3n) is 0.504. The van der Waals surface area contributed by atoms with Crippen molar-refractivity contribution in [2.45, 2.75) is 0 Å². The summed E-state index contributed by atoms with van der Waals surface area (Å²) in [4.78, 5) is 0. The second-order valence-electron chi connectivity index (χ2n) is 1.09. The molecule has 0 aromatic carbocycles. The molecule has 1 nitrogen and oxygen atoms in total. The predicted molar refractivity (Wildman–Crippen MR) is 41.1 cm³/mol. The van der Waals surface area contributed by atoms with Crippen molar-refractivity contribution in [3.05, 3.63) is 0 Å². The van der Waals surface area contributed by atoms with Crippen LogP contribution in [0.1, 0.15) is 0 Å². The van der Waals surface area contributed by atoms with E-state index in [-0.39, 0.29) is 0 Å². The predicted octanol–water partition coefficient (Wildman–Crippen LogP) is 1.21. The van der Waals surface area contributed by atoms with E-state index in [4.69, 9.17) is 11.2 Å². The van der Waals surface area contributed by atoms with Crippen molar-refractivity contribution in [3.8, 4) is 12.3 Å². The van der Waals surface area contributed by atoms with E-state index in [0.717, 1.165) is 5.75 Å². The van der Waals surface area contributed by atoms with Crippen LogP contribution in [-0.4, -0.2) is 19.0 Å². The smallest absolute Gasteiger partial charge is 0.107 e. The highest BCUT2D eigenvalue weighted by Crippen LogP contribution is 2.02. The van der Waals surface area contributed by atoms with E-state index in [1.54, 1.807) is 0 Å². The molecule has 0 aliphatic heterocycles. The topological polar surface area (TPSA) is 9.23 Å². The normalized spacial score (nSPS) is 8.50. The summed E-state index contributed by atoms with van der Waals surface area (Å²) in [5.41, 5.74) is 0. The van der Waals surface area contributed by atoms with Gasteiger partial charge in [0.25, 0.3) is 0 Å². The summed E-state index contributed by atoms with van der Waals surface area (Å²) in [7, 11) is 1.45. The third kappa shape index (κ3) is 6.22. The Labute approximate surface area is 59.0 Å². The molecular formula is C5H8OS2. The van der Waals surface area contributed by atoms with Gasteiger partial charge in [0.1, 0.15) is 6.61 Å². The summed E-state index contributed by atoms with van der Waals surface area (Å²) in [5, 5.41) is 0. The maximum Gasteiger partial charge on any atom is 0.107 e. The molecule has 0 aliphatic carbocycles. The van der Waals surface area contributed by atoms with Crippen LogP contribution in [0.3, 0.4) is 0 Å². The highest BCUT2D eigenvalue weighted by atomic mass is 33.1. The van der Waals surface area contributed by atoms with Crippen LogP contribution in [0.25, 0.3) is 0 Å². The monoisotopic (exact) mass is 148 g/mol. The molecule has 0 heterocycles. The van der Waals surface area contributed by atoms with E-state index in [0.29, 0.717) is 13.2 Å². The first-order chi connectivity index (χ1) is 3.91. The van der Waals surface area contributed by atoms with Crippen molar-refractivity contribution in [3.63, 3.8) is 0 Å². The second kappa shape index (κ2) is 7.22. The minimum Gasteiger partial charge on any atom is -0.368 e. The maximum absolute atomic E-state index is 4.92. The van der Waals surface area contributed by atoms with Gasteiger partial charge in [-0.05, 0) is 0 Å². The van der Waals surface area contributed by atoms with Crippen LogP contribution in [-0.2, 0) is 4.74 Å². The molecule has 0 atom stereocenters. The van der Waals surface area contributed by atoms with Gasteiger partial charge in [-0.3, -0.25) is 0 Å². The number of ether oxygens (including phenoxy) is 1. The van der Waals surface area contributed by atoms with Crippen molar-refractivity contribution in [2.75, 3.05) is 19.0 Å². The van der Waals surface area contributed by atoms with Crippen LogP contribution in [0, 0.1) is 12.3 Å². The molecule has 46 valence electrons. The molecule has 0 saturated carbocycles. The molecular weight excluding hydrogens is 140 g/mol. The molecule has 0 aliphatic rings. The Morgan fingerprint density at radius 2 is 2.50 bits per heavy atom. The molecule has 0 N–H and O–H groups in total. The van der Waals surface area contributed by atoms with Gasteiger partial charge in [-0.2, -0.15) is 0 Å². The Bertz CT molecular complexity index is 77.0. The largest absolute Gasteiger partial charge is 0.368 e. The number of hydrogen-bond donors (Lipinski definition) is 1.